The Balaban J connectivity index is 2.89. The molecular formula is C13H18F3N. The molecule has 0 fully saturated rings. The van der Waals surface area contributed by atoms with Crippen molar-refractivity contribution in [2.75, 3.05) is 6.54 Å². The molecule has 17 heavy (non-hydrogen) atoms. The van der Waals surface area contributed by atoms with Crippen LogP contribution in [0, 0.1) is 13.8 Å². The van der Waals surface area contributed by atoms with Crippen LogP contribution in [-0.2, 0) is 6.42 Å². The average Bonchev–Trinajstić information content (AvgIpc) is 2.21. The Kier molecular flexibility index (Phi) is 4.57. The second-order valence-corrected chi connectivity index (χ2v) is 4.29. The fraction of sp³-hybridized carbons (Fsp3) is 0.538. The van der Waals surface area contributed by atoms with Gasteiger partial charge in [-0.2, -0.15) is 13.2 Å². The lowest BCUT2D eigenvalue weighted by atomic mass is 9.98. The molecule has 0 aliphatic heterocycles. The van der Waals surface area contributed by atoms with Gasteiger partial charge in [-0.05, 0) is 37.9 Å². The van der Waals surface area contributed by atoms with E-state index in [-0.39, 0.29) is 6.42 Å². The first-order valence-electron chi connectivity index (χ1n) is 5.70. The third-order valence-corrected chi connectivity index (χ3v) is 2.77. The summed E-state index contributed by atoms with van der Waals surface area (Å²) in [5, 5.41) is 2.49. The van der Waals surface area contributed by atoms with Crippen LogP contribution < -0.4 is 5.32 Å². The molecule has 1 aromatic carbocycles. The van der Waals surface area contributed by atoms with Crippen LogP contribution in [0.3, 0.4) is 0 Å². The number of alkyl halides is 3. The van der Waals surface area contributed by atoms with Crippen molar-refractivity contribution in [1.29, 1.82) is 0 Å². The number of hydrogen-bond donors (Lipinski definition) is 1. The van der Waals surface area contributed by atoms with Crippen molar-refractivity contribution in [3.05, 3.63) is 34.9 Å². The van der Waals surface area contributed by atoms with E-state index in [1.165, 1.54) is 0 Å². The molecule has 1 rings (SSSR count). The molecule has 0 aliphatic rings. The molecule has 0 aliphatic carbocycles. The van der Waals surface area contributed by atoms with E-state index in [0.717, 1.165) is 16.7 Å². The Hall–Kier alpha value is -1.03. The molecule has 0 saturated heterocycles. The van der Waals surface area contributed by atoms with Gasteiger partial charge in [-0.3, -0.25) is 0 Å². The summed E-state index contributed by atoms with van der Waals surface area (Å²) in [6, 6.07) is 4.14. The molecular weight excluding hydrogens is 227 g/mol. The summed E-state index contributed by atoms with van der Waals surface area (Å²) in [5.74, 6) is 0. The molecule has 1 aromatic rings. The number of aryl methyl sites for hydroxylation is 2. The molecule has 1 N–H and O–H groups in total. The van der Waals surface area contributed by atoms with Crippen LogP contribution in [0.5, 0.6) is 0 Å². The van der Waals surface area contributed by atoms with Crippen LogP contribution >= 0.6 is 0 Å². The summed E-state index contributed by atoms with van der Waals surface area (Å²) in [6.45, 7) is 5.73. The predicted molar refractivity (Wildman–Crippen MR) is 63.1 cm³/mol. The predicted octanol–water partition coefficient (Wildman–Crippen LogP) is 3.39. The van der Waals surface area contributed by atoms with E-state index >= 15 is 0 Å². The molecule has 0 heterocycles. The third-order valence-electron chi connectivity index (χ3n) is 2.77. The first-order valence-corrected chi connectivity index (χ1v) is 5.70. The molecule has 0 amide bonds. The molecule has 0 saturated carbocycles. The second-order valence-electron chi connectivity index (χ2n) is 4.29. The lowest BCUT2D eigenvalue weighted by Crippen LogP contribution is -2.43. The molecule has 0 radical (unpaired) electrons. The van der Waals surface area contributed by atoms with Gasteiger partial charge in [-0.15, -0.1) is 0 Å². The van der Waals surface area contributed by atoms with Crippen molar-refractivity contribution in [1.82, 2.24) is 5.32 Å². The number of halogens is 3. The maximum Gasteiger partial charge on any atom is 0.404 e. The van der Waals surface area contributed by atoms with Crippen LogP contribution in [0.15, 0.2) is 18.2 Å². The van der Waals surface area contributed by atoms with Gasteiger partial charge >= 0.3 is 6.18 Å². The van der Waals surface area contributed by atoms with Gasteiger partial charge in [0.1, 0.15) is 6.04 Å². The highest BCUT2D eigenvalue weighted by Gasteiger charge is 2.38. The molecule has 1 atom stereocenters. The topological polar surface area (TPSA) is 12.0 Å². The summed E-state index contributed by atoms with van der Waals surface area (Å²) >= 11 is 0. The number of rotatable bonds is 4. The van der Waals surface area contributed by atoms with Gasteiger partial charge in [0.15, 0.2) is 0 Å². The van der Waals surface area contributed by atoms with Gasteiger partial charge in [0.2, 0.25) is 0 Å². The first kappa shape index (κ1) is 14.0. The molecule has 0 spiro atoms. The highest BCUT2D eigenvalue weighted by molar-refractivity contribution is 5.31. The molecule has 1 nitrogen and oxygen atoms in total. The maximum absolute atomic E-state index is 12.8. The Labute approximate surface area is 100 Å². The van der Waals surface area contributed by atoms with Crippen LogP contribution in [-0.4, -0.2) is 18.8 Å². The summed E-state index contributed by atoms with van der Waals surface area (Å²) in [4.78, 5) is 0. The average molecular weight is 245 g/mol. The van der Waals surface area contributed by atoms with E-state index in [1.807, 2.05) is 32.0 Å². The molecule has 4 heteroatoms. The van der Waals surface area contributed by atoms with Gasteiger partial charge < -0.3 is 5.32 Å². The fourth-order valence-corrected chi connectivity index (χ4v) is 1.79. The van der Waals surface area contributed by atoms with Crippen LogP contribution in [0.2, 0.25) is 0 Å². The van der Waals surface area contributed by atoms with Crippen molar-refractivity contribution < 1.29 is 13.2 Å². The molecule has 0 aromatic heterocycles. The minimum Gasteiger partial charge on any atom is -0.306 e. The van der Waals surface area contributed by atoms with Gasteiger partial charge in [-0.25, -0.2) is 0 Å². The van der Waals surface area contributed by atoms with E-state index in [2.05, 4.69) is 5.32 Å². The highest BCUT2D eigenvalue weighted by Crippen LogP contribution is 2.24. The third kappa shape index (κ3) is 4.04. The normalized spacial score (nSPS) is 13.8. The second kappa shape index (κ2) is 5.54. The summed E-state index contributed by atoms with van der Waals surface area (Å²) in [7, 11) is 0. The van der Waals surface area contributed by atoms with Crippen molar-refractivity contribution in [2.45, 2.75) is 39.4 Å². The number of likely N-dealkylation sites (N-methyl/N-ethyl adjacent to an activating group) is 1. The minimum atomic E-state index is -4.20. The standard InChI is InChI=1S/C13H18F3N/c1-4-17-12(13(14,15)16)8-11-7-9(2)5-6-10(11)3/h5-7,12,17H,4,8H2,1-3H3. The van der Waals surface area contributed by atoms with Crippen molar-refractivity contribution in [2.24, 2.45) is 0 Å². The summed E-state index contributed by atoms with van der Waals surface area (Å²) in [5.41, 5.74) is 2.65. The van der Waals surface area contributed by atoms with Gasteiger partial charge in [0.05, 0.1) is 0 Å². The Morgan fingerprint density at radius 1 is 1.24 bits per heavy atom. The lowest BCUT2D eigenvalue weighted by molar-refractivity contribution is -0.155. The van der Waals surface area contributed by atoms with E-state index in [1.54, 1.807) is 6.92 Å². The fourth-order valence-electron chi connectivity index (χ4n) is 1.79. The van der Waals surface area contributed by atoms with Crippen LogP contribution in [0.1, 0.15) is 23.6 Å². The Morgan fingerprint density at radius 2 is 1.88 bits per heavy atom. The molecule has 0 bridgehead atoms. The Morgan fingerprint density at radius 3 is 2.41 bits per heavy atom. The smallest absolute Gasteiger partial charge is 0.306 e. The van der Waals surface area contributed by atoms with Crippen molar-refractivity contribution >= 4 is 0 Å². The maximum atomic E-state index is 12.8. The van der Waals surface area contributed by atoms with E-state index in [9.17, 15) is 13.2 Å². The largest absolute Gasteiger partial charge is 0.404 e. The SMILES string of the molecule is CCNC(Cc1cc(C)ccc1C)C(F)(F)F. The quantitative estimate of drug-likeness (QED) is 0.857. The van der Waals surface area contributed by atoms with E-state index < -0.39 is 12.2 Å². The lowest BCUT2D eigenvalue weighted by Gasteiger charge is -2.22. The zero-order chi connectivity index (χ0) is 13.1. The number of hydrogen-bond acceptors (Lipinski definition) is 1. The molecule has 1 unspecified atom stereocenters. The highest BCUT2D eigenvalue weighted by atomic mass is 19.4. The number of benzene rings is 1. The monoisotopic (exact) mass is 245 g/mol. The minimum absolute atomic E-state index is 0.00907. The number of nitrogens with one attached hydrogen (secondary N) is 1. The zero-order valence-corrected chi connectivity index (χ0v) is 10.4. The van der Waals surface area contributed by atoms with Crippen molar-refractivity contribution in [3.63, 3.8) is 0 Å². The van der Waals surface area contributed by atoms with E-state index in [4.69, 9.17) is 0 Å². The Bertz CT molecular complexity index is 371. The van der Waals surface area contributed by atoms with Gasteiger partial charge in [0, 0.05) is 0 Å². The first-order chi connectivity index (χ1) is 7.84. The van der Waals surface area contributed by atoms with Gasteiger partial charge in [-0.1, -0.05) is 30.7 Å². The van der Waals surface area contributed by atoms with Gasteiger partial charge in [0.25, 0.3) is 0 Å². The van der Waals surface area contributed by atoms with Crippen molar-refractivity contribution in [3.8, 4) is 0 Å². The zero-order valence-electron chi connectivity index (χ0n) is 10.4. The van der Waals surface area contributed by atoms with Crippen LogP contribution in [0.25, 0.3) is 0 Å². The summed E-state index contributed by atoms with van der Waals surface area (Å²) < 4.78 is 38.3. The summed E-state index contributed by atoms with van der Waals surface area (Å²) in [6.07, 6.45) is -4.21. The van der Waals surface area contributed by atoms with E-state index in [0.29, 0.717) is 6.54 Å². The molecule has 96 valence electrons. The van der Waals surface area contributed by atoms with Crippen LogP contribution in [0.4, 0.5) is 13.2 Å².